The molecular weight excluding hydrogens is 166 g/mol. The molecule has 0 unspecified atom stereocenters. The summed E-state index contributed by atoms with van der Waals surface area (Å²) in [5, 5.41) is 0. The first-order chi connectivity index (χ1) is 5.50. The standard InChI is InChI=1S/C8H12F2O2/c1-8(9,10)7(11)12-6-4-2-3-5-6/h6H,2-5H2,1H3. The van der Waals surface area contributed by atoms with Crippen LogP contribution in [0, 0.1) is 0 Å². The van der Waals surface area contributed by atoms with Gasteiger partial charge in [-0.1, -0.05) is 0 Å². The van der Waals surface area contributed by atoms with Crippen LogP contribution in [0.3, 0.4) is 0 Å². The van der Waals surface area contributed by atoms with Gasteiger partial charge in [-0.2, -0.15) is 8.78 Å². The minimum absolute atomic E-state index is 0.275. The normalized spacial score (nSPS) is 19.6. The Bertz CT molecular complexity index is 168. The quantitative estimate of drug-likeness (QED) is 0.605. The zero-order valence-corrected chi connectivity index (χ0v) is 6.98. The van der Waals surface area contributed by atoms with Crippen molar-refractivity contribution in [1.82, 2.24) is 0 Å². The van der Waals surface area contributed by atoms with Crippen LogP contribution in [0.4, 0.5) is 8.78 Å². The molecule has 4 heteroatoms. The highest BCUT2D eigenvalue weighted by Crippen LogP contribution is 2.24. The number of hydrogen-bond acceptors (Lipinski definition) is 2. The molecule has 0 radical (unpaired) electrons. The van der Waals surface area contributed by atoms with Crippen molar-refractivity contribution >= 4 is 5.97 Å². The molecule has 1 aliphatic carbocycles. The van der Waals surface area contributed by atoms with E-state index in [4.69, 9.17) is 0 Å². The second kappa shape index (κ2) is 3.37. The molecule has 0 saturated heterocycles. The summed E-state index contributed by atoms with van der Waals surface area (Å²) in [5.41, 5.74) is 0. The van der Waals surface area contributed by atoms with Crippen LogP contribution in [0.1, 0.15) is 32.6 Å². The van der Waals surface area contributed by atoms with E-state index in [2.05, 4.69) is 4.74 Å². The number of hydrogen-bond donors (Lipinski definition) is 0. The topological polar surface area (TPSA) is 26.3 Å². The molecule has 0 N–H and O–H groups in total. The van der Waals surface area contributed by atoms with Gasteiger partial charge in [-0.05, 0) is 25.7 Å². The van der Waals surface area contributed by atoms with Gasteiger partial charge in [-0.3, -0.25) is 0 Å². The molecule has 70 valence electrons. The molecule has 0 aromatic carbocycles. The minimum Gasteiger partial charge on any atom is -0.458 e. The molecule has 0 spiro atoms. The average molecular weight is 178 g/mol. The summed E-state index contributed by atoms with van der Waals surface area (Å²) in [6, 6.07) is 0. The minimum atomic E-state index is -3.34. The van der Waals surface area contributed by atoms with E-state index in [9.17, 15) is 13.6 Å². The van der Waals surface area contributed by atoms with Gasteiger partial charge in [0.05, 0.1) is 0 Å². The SMILES string of the molecule is CC(F)(F)C(=O)OC1CCCC1. The molecule has 1 rings (SSSR count). The van der Waals surface area contributed by atoms with Crippen LogP contribution in [-0.4, -0.2) is 18.0 Å². The summed E-state index contributed by atoms with van der Waals surface area (Å²) in [6.45, 7) is 0.560. The van der Waals surface area contributed by atoms with Crippen LogP contribution >= 0.6 is 0 Å². The van der Waals surface area contributed by atoms with Crippen LogP contribution in [0.5, 0.6) is 0 Å². The Labute approximate surface area is 69.9 Å². The van der Waals surface area contributed by atoms with Crippen molar-refractivity contribution in [2.45, 2.75) is 44.6 Å². The fraction of sp³-hybridized carbons (Fsp3) is 0.875. The zero-order valence-electron chi connectivity index (χ0n) is 6.98. The Morgan fingerprint density at radius 3 is 2.33 bits per heavy atom. The maximum atomic E-state index is 12.3. The molecule has 2 nitrogen and oxygen atoms in total. The Hall–Kier alpha value is -0.670. The van der Waals surface area contributed by atoms with Gasteiger partial charge in [0.1, 0.15) is 6.10 Å². The first kappa shape index (κ1) is 9.42. The van der Waals surface area contributed by atoms with Gasteiger partial charge in [0.2, 0.25) is 0 Å². The third-order valence-corrected chi connectivity index (χ3v) is 1.93. The number of alkyl halides is 2. The van der Waals surface area contributed by atoms with Gasteiger partial charge in [-0.15, -0.1) is 0 Å². The van der Waals surface area contributed by atoms with Gasteiger partial charge in [0.25, 0.3) is 0 Å². The van der Waals surface area contributed by atoms with Crippen LogP contribution in [0.15, 0.2) is 0 Å². The third-order valence-electron chi connectivity index (χ3n) is 1.93. The van der Waals surface area contributed by atoms with Gasteiger partial charge < -0.3 is 4.74 Å². The molecule has 0 bridgehead atoms. The van der Waals surface area contributed by atoms with E-state index in [0.717, 1.165) is 25.7 Å². The van der Waals surface area contributed by atoms with Gasteiger partial charge in [0, 0.05) is 6.92 Å². The maximum absolute atomic E-state index is 12.3. The molecule has 0 aromatic heterocycles. The number of halogens is 2. The number of esters is 1. The second-order valence-corrected chi connectivity index (χ2v) is 3.20. The molecule has 0 aliphatic heterocycles. The number of rotatable bonds is 2. The van der Waals surface area contributed by atoms with Crippen LogP contribution < -0.4 is 0 Å². The Balaban J connectivity index is 2.35. The smallest absolute Gasteiger partial charge is 0.376 e. The Morgan fingerprint density at radius 2 is 1.92 bits per heavy atom. The van der Waals surface area contributed by atoms with E-state index in [0.29, 0.717) is 6.92 Å². The summed E-state index contributed by atoms with van der Waals surface area (Å²) < 4.78 is 29.2. The highest BCUT2D eigenvalue weighted by Gasteiger charge is 2.36. The average Bonchev–Trinajstić information content (AvgIpc) is 2.37. The van der Waals surface area contributed by atoms with Crippen LogP contribution in [-0.2, 0) is 9.53 Å². The summed E-state index contributed by atoms with van der Waals surface area (Å²) in [7, 11) is 0. The second-order valence-electron chi connectivity index (χ2n) is 3.20. The van der Waals surface area contributed by atoms with Crippen LogP contribution in [0.2, 0.25) is 0 Å². The van der Waals surface area contributed by atoms with E-state index < -0.39 is 11.9 Å². The highest BCUT2D eigenvalue weighted by atomic mass is 19.3. The molecule has 1 aliphatic rings. The lowest BCUT2D eigenvalue weighted by molar-refractivity contribution is -0.174. The number of carbonyl (C=O) groups excluding carboxylic acids is 1. The van der Waals surface area contributed by atoms with Gasteiger partial charge in [-0.25, -0.2) is 4.79 Å². The first-order valence-electron chi connectivity index (χ1n) is 4.09. The molecule has 0 aromatic rings. The fourth-order valence-electron chi connectivity index (χ4n) is 1.26. The lowest BCUT2D eigenvalue weighted by atomic mass is 10.3. The molecule has 1 saturated carbocycles. The summed E-state index contributed by atoms with van der Waals surface area (Å²) >= 11 is 0. The highest BCUT2D eigenvalue weighted by molar-refractivity contribution is 5.77. The molecule has 12 heavy (non-hydrogen) atoms. The summed E-state index contributed by atoms with van der Waals surface area (Å²) in [6.07, 6.45) is 3.10. The predicted molar refractivity (Wildman–Crippen MR) is 39.0 cm³/mol. The summed E-state index contributed by atoms with van der Waals surface area (Å²) in [5.74, 6) is -4.74. The van der Waals surface area contributed by atoms with Crippen molar-refractivity contribution in [3.8, 4) is 0 Å². The van der Waals surface area contributed by atoms with Crippen molar-refractivity contribution in [1.29, 1.82) is 0 Å². The van der Waals surface area contributed by atoms with E-state index >= 15 is 0 Å². The molecular formula is C8H12F2O2. The van der Waals surface area contributed by atoms with E-state index in [1.807, 2.05) is 0 Å². The maximum Gasteiger partial charge on any atom is 0.376 e. The number of carbonyl (C=O) groups is 1. The third kappa shape index (κ3) is 2.43. The van der Waals surface area contributed by atoms with Crippen molar-refractivity contribution in [2.24, 2.45) is 0 Å². The van der Waals surface area contributed by atoms with Gasteiger partial charge in [0.15, 0.2) is 0 Å². The first-order valence-corrected chi connectivity index (χ1v) is 4.09. The lowest BCUT2D eigenvalue weighted by Gasteiger charge is -2.14. The molecule has 0 amide bonds. The monoisotopic (exact) mass is 178 g/mol. The van der Waals surface area contributed by atoms with Crippen LogP contribution in [0.25, 0.3) is 0 Å². The van der Waals surface area contributed by atoms with E-state index in [1.165, 1.54) is 0 Å². The predicted octanol–water partition coefficient (Wildman–Crippen LogP) is 2.13. The van der Waals surface area contributed by atoms with Crippen molar-refractivity contribution in [3.05, 3.63) is 0 Å². The van der Waals surface area contributed by atoms with Crippen molar-refractivity contribution < 1.29 is 18.3 Å². The van der Waals surface area contributed by atoms with Gasteiger partial charge >= 0.3 is 11.9 Å². The fourth-order valence-corrected chi connectivity index (χ4v) is 1.26. The zero-order chi connectivity index (χ0) is 9.19. The number of ether oxygens (including phenoxy) is 1. The molecule has 0 heterocycles. The molecule has 1 fully saturated rings. The largest absolute Gasteiger partial charge is 0.458 e. The van der Waals surface area contributed by atoms with Crippen molar-refractivity contribution in [3.63, 3.8) is 0 Å². The summed E-state index contributed by atoms with van der Waals surface area (Å²) in [4.78, 5) is 10.6. The Morgan fingerprint density at radius 1 is 1.42 bits per heavy atom. The van der Waals surface area contributed by atoms with E-state index in [1.54, 1.807) is 0 Å². The van der Waals surface area contributed by atoms with E-state index in [-0.39, 0.29) is 6.10 Å². The van der Waals surface area contributed by atoms with Crippen molar-refractivity contribution in [2.75, 3.05) is 0 Å². The molecule has 0 atom stereocenters. The Kier molecular flexibility index (Phi) is 2.65. The lowest BCUT2D eigenvalue weighted by Crippen LogP contribution is -2.30.